The van der Waals surface area contributed by atoms with E-state index in [4.69, 9.17) is 5.73 Å². The Hall–Kier alpha value is -3.49. The molecule has 0 aliphatic heterocycles. The minimum Gasteiger partial charge on any atom is -0.368 e. The topological polar surface area (TPSA) is 87.4 Å². The summed E-state index contributed by atoms with van der Waals surface area (Å²) >= 11 is 3.62. The summed E-state index contributed by atoms with van der Waals surface area (Å²) in [5.41, 5.74) is 10.2. The Bertz CT molecular complexity index is 1280. The standard InChI is InChI=1S/C25H25BrN6O/c1-16(31(2)3)28-24(33)18-11-9-17(10-12-18)19-13-14-22-21(15-19)23(30-25(27)29-22)32(26)20-7-5-4-6-8-20/h4-16H,1-3H3,(H,28,33)(H2,27,29,30). The van der Waals surface area contributed by atoms with E-state index in [2.05, 4.69) is 31.4 Å². The number of nitrogen functional groups attached to an aromatic ring is 1. The number of rotatable bonds is 6. The Morgan fingerprint density at radius 3 is 2.30 bits per heavy atom. The molecule has 1 heterocycles. The van der Waals surface area contributed by atoms with Crippen LogP contribution in [0.5, 0.6) is 0 Å². The Morgan fingerprint density at radius 2 is 1.64 bits per heavy atom. The van der Waals surface area contributed by atoms with Crippen LogP contribution in [0.4, 0.5) is 17.5 Å². The van der Waals surface area contributed by atoms with Crippen LogP contribution in [0.3, 0.4) is 0 Å². The van der Waals surface area contributed by atoms with Gasteiger partial charge in [0.1, 0.15) is 0 Å². The molecule has 3 N–H and O–H groups in total. The lowest BCUT2D eigenvalue weighted by molar-refractivity contribution is 0.0900. The average molecular weight is 505 g/mol. The molecular formula is C25H25BrN6O. The molecule has 1 atom stereocenters. The molecule has 0 bridgehead atoms. The number of aromatic nitrogens is 2. The number of hydrogen-bond acceptors (Lipinski definition) is 6. The van der Waals surface area contributed by atoms with Crippen LogP contribution in [0.25, 0.3) is 22.0 Å². The van der Waals surface area contributed by atoms with Crippen molar-refractivity contribution in [2.45, 2.75) is 13.1 Å². The first-order valence-corrected chi connectivity index (χ1v) is 11.2. The molecule has 4 rings (SSSR count). The lowest BCUT2D eigenvalue weighted by Crippen LogP contribution is -2.42. The number of para-hydroxylation sites is 1. The summed E-state index contributed by atoms with van der Waals surface area (Å²) in [6.45, 7) is 1.94. The van der Waals surface area contributed by atoms with Gasteiger partial charge < -0.3 is 11.1 Å². The molecule has 1 unspecified atom stereocenters. The molecule has 3 aromatic carbocycles. The smallest absolute Gasteiger partial charge is 0.252 e. The van der Waals surface area contributed by atoms with Crippen LogP contribution in [0.1, 0.15) is 17.3 Å². The fraction of sp³-hybridized carbons (Fsp3) is 0.160. The number of nitrogens with one attached hydrogen (secondary N) is 1. The second-order valence-electron chi connectivity index (χ2n) is 7.94. The van der Waals surface area contributed by atoms with Gasteiger partial charge in [-0.3, -0.25) is 13.6 Å². The molecule has 0 aliphatic rings. The molecule has 0 saturated carbocycles. The van der Waals surface area contributed by atoms with Gasteiger partial charge in [-0.1, -0.05) is 36.4 Å². The number of halogens is 1. The first-order chi connectivity index (χ1) is 15.8. The SMILES string of the molecule is CC(NC(=O)c1ccc(-c2ccc3nc(N)nc(N(Br)c4ccccc4)c3c2)cc1)N(C)C. The normalized spacial score (nSPS) is 12.0. The van der Waals surface area contributed by atoms with Crippen molar-refractivity contribution in [2.24, 2.45) is 0 Å². The molecule has 0 aliphatic carbocycles. The third-order valence-corrected chi connectivity index (χ3v) is 6.20. The summed E-state index contributed by atoms with van der Waals surface area (Å²) < 4.78 is 1.82. The second kappa shape index (κ2) is 9.56. The van der Waals surface area contributed by atoms with E-state index in [9.17, 15) is 4.79 Å². The molecule has 33 heavy (non-hydrogen) atoms. The number of fused-ring (bicyclic) bond motifs is 1. The summed E-state index contributed by atoms with van der Waals surface area (Å²) in [4.78, 5) is 23.3. The minimum absolute atomic E-state index is 0.0552. The second-order valence-corrected chi connectivity index (χ2v) is 8.65. The summed E-state index contributed by atoms with van der Waals surface area (Å²) in [6.07, 6.45) is -0.0552. The van der Waals surface area contributed by atoms with E-state index in [-0.39, 0.29) is 18.0 Å². The van der Waals surface area contributed by atoms with Gasteiger partial charge in [-0.25, -0.2) is 4.98 Å². The van der Waals surface area contributed by atoms with Gasteiger partial charge in [0.05, 0.1) is 33.5 Å². The van der Waals surface area contributed by atoms with Gasteiger partial charge in [0, 0.05) is 10.9 Å². The number of carbonyl (C=O) groups is 1. The Balaban J connectivity index is 1.68. The Labute approximate surface area is 201 Å². The number of nitrogens with two attached hydrogens (primary N) is 1. The van der Waals surface area contributed by atoms with Gasteiger partial charge in [0.15, 0.2) is 5.82 Å². The number of nitrogens with zero attached hydrogens (tertiary/aromatic N) is 4. The number of anilines is 3. The van der Waals surface area contributed by atoms with Crippen LogP contribution in [0.15, 0.2) is 72.8 Å². The molecule has 0 fully saturated rings. The van der Waals surface area contributed by atoms with Crippen LogP contribution in [0.2, 0.25) is 0 Å². The zero-order valence-electron chi connectivity index (χ0n) is 18.7. The van der Waals surface area contributed by atoms with Gasteiger partial charge in [-0.15, -0.1) is 0 Å². The Kier molecular flexibility index (Phi) is 6.57. The van der Waals surface area contributed by atoms with E-state index in [1.54, 1.807) is 0 Å². The molecule has 0 radical (unpaired) electrons. The highest BCUT2D eigenvalue weighted by molar-refractivity contribution is 9.10. The van der Waals surface area contributed by atoms with E-state index in [1.165, 1.54) is 0 Å². The molecule has 0 spiro atoms. The molecule has 4 aromatic rings. The van der Waals surface area contributed by atoms with Gasteiger partial charge in [-0.05, 0) is 68.5 Å². The fourth-order valence-electron chi connectivity index (χ4n) is 3.36. The molecular weight excluding hydrogens is 480 g/mol. The van der Waals surface area contributed by atoms with Crippen molar-refractivity contribution in [2.75, 3.05) is 23.8 Å². The maximum absolute atomic E-state index is 12.5. The fourth-order valence-corrected chi connectivity index (χ4v) is 3.86. The third kappa shape index (κ3) is 4.97. The van der Waals surface area contributed by atoms with Crippen molar-refractivity contribution in [1.82, 2.24) is 20.2 Å². The van der Waals surface area contributed by atoms with Crippen LogP contribution in [0, 0.1) is 0 Å². The highest BCUT2D eigenvalue weighted by atomic mass is 79.9. The van der Waals surface area contributed by atoms with Gasteiger partial charge in [-0.2, -0.15) is 4.98 Å². The molecule has 7 nitrogen and oxygen atoms in total. The zero-order valence-corrected chi connectivity index (χ0v) is 20.2. The third-order valence-electron chi connectivity index (χ3n) is 5.46. The van der Waals surface area contributed by atoms with Crippen LogP contribution >= 0.6 is 16.1 Å². The average Bonchev–Trinajstić information content (AvgIpc) is 2.83. The predicted molar refractivity (Wildman–Crippen MR) is 138 cm³/mol. The highest BCUT2D eigenvalue weighted by Gasteiger charge is 2.15. The first kappa shape index (κ1) is 22.7. The highest BCUT2D eigenvalue weighted by Crippen LogP contribution is 2.35. The van der Waals surface area contributed by atoms with E-state index in [0.717, 1.165) is 27.7 Å². The number of carbonyl (C=O) groups excluding carboxylic acids is 1. The monoisotopic (exact) mass is 504 g/mol. The predicted octanol–water partition coefficient (Wildman–Crippen LogP) is 4.96. The van der Waals surface area contributed by atoms with Crippen LogP contribution in [-0.2, 0) is 0 Å². The quantitative estimate of drug-likeness (QED) is 0.285. The van der Waals surface area contributed by atoms with E-state index >= 15 is 0 Å². The van der Waals surface area contributed by atoms with Crippen molar-refractivity contribution < 1.29 is 4.79 Å². The summed E-state index contributed by atoms with van der Waals surface area (Å²) in [6, 6.07) is 23.3. The van der Waals surface area contributed by atoms with Crippen molar-refractivity contribution in [3.05, 3.63) is 78.4 Å². The van der Waals surface area contributed by atoms with Crippen molar-refractivity contribution >= 4 is 50.4 Å². The largest absolute Gasteiger partial charge is 0.368 e. The lowest BCUT2D eigenvalue weighted by atomic mass is 10.0. The van der Waals surface area contributed by atoms with Gasteiger partial charge in [0.25, 0.3) is 5.91 Å². The molecule has 168 valence electrons. The molecule has 1 aromatic heterocycles. The van der Waals surface area contributed by atoms with Crippen LogP contribution in [-0.4, -0.2) is 41.0 Å². The first-order valence-electron chi connectivity index (χ1n) is 10.5. The van der Waals surface area contributed by atoms with E-state index < -0.39 is 0 Å². The maximum Gasteiger partial charge on any atom is 0.252 e. The Morgan fingerprint density at radius 1 is 0.970 bits per heavy atom. The minimum atomic E-state index is -0.106. The maximum atomic E-state index is 12.5. The van der Waals surface area contributed by atoms with Crippen molar-refractivity contribution in [3.8, 4) is 11.1 Å². The zero-order chi connectivity index (χ0) is 23.5. The number of amides is 1. The summed E-state index contributed by atoms with van der Waals surface area (Å²) in [7, 11) is 3.84. The van der Waals surface area contributed by atoms with Crippen molar-refractivity contribution in [3.63, 3.8) is 0 Å². The van der Waals surface area contributed by atoms with Gasteiger partial charge in [0.2, 0.25) is 5.95 Å². The van der Waals surface area contributed by atoms with E-state index in [1.807, 2.05) is 103 Å². The number of benzene rings is 3. The molecule has 8 heteroatoms. The van der Waals surface area contributed by atoms with Crippen LogP contribution < -0.4 is 15.0 Å². The van der Waals surface area contributed by atoms with Crippen molar-refractivity contribution in [1.29, 1.82) is 0 Å². The molecule has 0 saturated heterocycles. The van der Waals surface area contributed by atoms with Gasteiger partial charge >= 0.3 is 0 Å². The van der Waals surface area contributed by atoms with E-state index in [0.29, 0.717) is 11.4 Å². The summed E-state index contributed by atoms with van der Waals surface area (Å²) in [5.74, 6) is 0.748. The lowest BCUT2D eigenvalue weighted by Gasteiger charge is -2.21. The summed E-state index contributed by atoms with van der Waals surface area (Å²) in [5, 5.41) is 3.82. The molecule has 1 amide bonds. The number of hydrogen-bond donors (Lipinski definition) is 2.